The number of aromatic nitrogens is 3. The summed E-state index contributed by atoms with van der Waals surface area (Å²) in [5, 5.41) is 5.95. The van der Waals surface area contributed by atoms with Crippen molar-refractivity contribution in [3.8, 4) is 0 Å². The summed E-state index contributed by atoms with van der Waals surface area (Å²) in [6, 6.07) is 0.923. The molecule has 1 fully saturated rings. The molecule has 2 aromatic rings. The van der Waals surface area contributed by atoms with Crippen LogP contribution in [0.3, 0.4) is 0 Å². The topological polar surface area (TPSA) is 77.3 Å². The van der Waals surface area contributed by atoms with Gasteiger partial charge >= 0.3 is 12.1 Å². The molecule has 1 saturated carbocycles. The van der Waals surface area contributed by atoms with Crippen molar-refractivity contribution in [2.45, 2.75) is 70.7 Å². The summed E-state index contributed by atoms with van der Waals surface area (Å²) in [5.74, 6) is -0.722. The van der Waals surface area contributed by atoms with Gasteiger partial charge in [0.25, 0.3) is 0 Å². The fourth-order valence-electron chi connectivity index (χ4n) is 3.56. The van der Waals surface area contributed by atoms with Crippen LogP contribution in [0.4, 0.5) is 13.2 Å². The van der Waals surface area contributed by atoms with Crippen molar-refractivity contribution in [2.75, 3.05) is 13.6 Å². The number of thiazole rings is 1. The molecule has 176 valence electrons. The van der Waals surface area contributed by atoms with Gasteiger partial charge in [-0.3, -0.25) is 9.48 Å². The van der Waals surface area contributed by atoms with Crippen molar-refractivity contribution in [3.63, 3.8) is 0 Å². The molecule has 1 aliphatic rings. The molecule has 0 bridgehead atoms. The third kappa shape index (κ3) is 6.54. The quantitative estimate of drug-likeness (QED) is 0.537. The van der Waals surface area contributed by atoms with Crippen molar-refractivity contribution in [1.29, 1.82) is 0 Å². The van der Waals surface area contributed by atoms with E-state index in [0.29, 0.717) is 25.1 Å². The Kier molecular flexibility index (Phi) is 7.91. The van der Waals surface area contributed by atoms with Crippen LogP contribution in [0, 0.1) is 6.92 Å². The van der Waals surface area contributed by atoms with Gasteiger partial charge in [0, 0.05) is 31.1 Å². The molecule has 0 spiro atoms. The van der Waals surface area contributed by atoms with E-state index in [0.717, 1.165) is 41.4 Å². The number of nitrogens with zero attached hydrogens (tertiary/aromatic N) is 4. The molecular weight excluding hydrogens is 445 g/mol. The number of likely N-dealkylation sites (N-methyl/N-ethyl adjacent to an activating group) is 1. The SMILES string of the molecule is Cc1cc(C(F)(F)F)nn1CC(=O)N(C)CCCc1nc(C(=O)OC2CCCCC2)cs1. The molecule has 3 rings (SSSR count). The largest absolute Gasteiger partial charge is 0.458 e. The summed E-state index contributed by atoms with van der Waals surface area (Å²) in [7, 11) is 1.60. The lowest BCUT2D eigenvalue weighted by molar-refractivity contribution is -0.142. The Morgan fingerprint density at radius 2 is 2.00 bits per heavy atom. The van der Waals surface area contributed by atoms with Gasteiger partial charge in [-0.2, -0.15) is 18.3 Å². The second kappa shape index (κ2) is 10.5. The smallest absolute Gasteiger partial charge is 0.435 e. The molecule has 0 saturated heterocycles. The van der Waals surface area contributed by atoms with E-state index in [1.807, 2.05) is 0 Å². The standard InChI is InChI=1S/C21H27F3N4O3S/c1-14-11-17(21(22,23)24)26-28(14)12-19(29)27(2)10-6-9-18-25-16(13-32-18)20(30)31-15-7-4-3-5-8-15/h11,13,15H,3-10,12H2,1-2H3. The van der Waals surface area contributed by atoms with E-state index in [9.17, 15) is 22.8 Å². The number of amides is 1. The average Bonchev–Trinajstić information content (AvgIpc) is 3.35. The normalized spacial score (nSPS) is 15.0. The maximum Gasteiger partial charge on any atom is 0.435 e. The summed E-state index contributed by atoms with van der Waals surface area (Å²) >= 11 is 1.37. The van der Waals surface area contributed by atoms with E-state index >= 15 is 0 Å². The van der Waals surface area contributed by atoms with Gasteiger partial charge in [-0.1, -0.05) is 6.42 Å². The number of carbonyl (C=O) groups is 2. The molecule has 0 atom stereocenters. The van der Waals surface area contributed by atoms with Crippen molar-refractivity contribution in [2.24, 2.45) is 0 Å². The number of hydrogen-bond donors (Lipinski definition) is 0. The molecular formula is C21H27F3N4O3S. The van der Waals surface area contributed by atoms with Crippen LogP contribution in [0.5, 0.6) is 0 Å². The van der Waals surface area contributed by atoms with E-state index in [1.165, 1.54) is 29.6 Å². The van der Waals surface area contributed by atoms with Gasteiger partial charge in [0.05, 0.1) is 5.01 Å². The Labute approximate surface area is 188 Å². The summed E-state index contributed by atoms with van der Waals surface area (Å²) in [4.78, 5) is 30.4. The van der Waals surface area contributed by atoms with Gasteiger partial charge in [-0.25, -0.2) is 9.78 Å². The lowest BCUT2D eigenvalue weighted by Gasteiger charge is -2.21. The van der Waals surface area contributed by atoms with E-state index in [1.54, 1.807) is 12.4 Å². The van der Waals surface area contributed by atoms with Crippen molar-refractivity contribution >= 4 is 23.2 Å². The number of carbonyl (C=O) groups excluding carboxylic acids is 2. The molecule has 0 N–H and O–H groups in total. The highest BCUT2D eigenvalue weighted by atomic mass is 32.1. The van der Waals surface area contributed by atoms with E-state index in [4.69, 9.17) is 4.74 Å². The summed E-state index contributed by atoms with van der Waals surface area (Å²) in [5.41, 5.74) is -0.420. The third-order valence-corrected chi connectivity index (χ3v) is 6.36. The predicted molar refractivity (Wildman–Crippen MR) is 112 cm³/mol. The Balaban J connectivity index is 1.43. The minimum absolute atomic E-state index is 0.0216. The molecule has 2 aromatic heterocycles. The fourth-order valence-corrected chi connectivity index (χ4v) is 4.37. The third-order valence-electron chi connectivity index (χ3n) is 5.45. The molecule has 32 heavy (non-hydrogen) atoms. The highest BCUT2D eigenvalue weighted by Crippen LogP contribution is 2.28. The van der Waals surface area contributed by atoms with Crippen LogP contribution in [0.15, 0.2) is 11.4 Å². The monoisotopic (exact) mass is 472 g/mol. The maximum atomic E-state index is 12.8. The minimum atomic E-state index is -4.54. The van der Waals surface area contributed by atoms with Crippen LogP contribution in [-0.2, 0) is 28.7 Å². The lowest BCUT2D eigenvalue weighted by Crippen LogP contribution is -2.32. The molecule has 11 heteroatoms. The molecule has 7 nitrogen and oxygen atoms in total. The number of aryl methyl sites for hydroxylation is 2. The van der Waals surface area contributed by atoms with Crippen LogP contribution in [0.2, 0.25) is 0 Å². The number of ether oxygens (including phenoxy) is 1. The Morgan fingerprint density at radius 1 is 1.28 bits per heavy atom. The van der Waals surface area contributed by atoms with Crippen LogP contribution in [-0.4, -0.2) is 51.2 Å². The number of rotatable bonds is 8. The van der Waals surface area contributed by atoms with Crippen molar-refractivity contribution in [3.05, 3.63) is 33.5 Å². The highest BCUT2D eigenvalue weighted by molar-refractivity contribution is 7.09. The molecule has 2 heterocycles. The fraction of sp³-hybridized carbons (Fsp3) is 0.619. The number of hydrogen-bond acceptors (Lipinski definition) is 6. The molecule has 0 radical (unpaired) electrons. The summed E-state index contributed by atoms with van der Waals surface area (Å²) in [6.07, 6.45) is 1.77. The van der Waals surface area contributed by atoms with Crippen molar-refractivity contribution in [1.82, 2.24) is 19.7 Å². The van der Waals surface area contributed by atoms with Gasteiger partial charge in [0.2, 0.25) is 5.91 Å². The van der Waals surface area contributed by atoms with Crippen molar-refractivity contribution < 1.29 is 27.5 Å². The molecule has 1 aliphatic carbocycles. The Hall–Kier alpha value is -2.43. The zero-order chi connectivity index (χ0) is 23.3. The summed E-state index contributed by atoms with van der Waals surface area (Å²) in [6.45, 7) is 1.63. The van der Waals surface area contributed by atoms with Crippen LogP contribution in [0.1, 0.15) is 65.4 Å². The first kappa shape index (κ1) is 24.2. The molecule has 0 aromatic carbocycles. The summed E-state index contributed by atoms with van der Waals surface area (Å²) < 4.78 is 44.9. The second-order valence-electron chi connectivity index (χ2n) is 8.04. The van der Waals surface area contributed by atoms with E-state index < -0.39 is 11.9 Å². The first-order valence-corrected chi connectivity index (χ1v) is 11.5. The van der Waals surface area contributed by atoms with E-state index in [-0.39, 0.29) is 30.2 Å². The van der Waals surface area contributed by atoms with Gasteiger partial charge in [0.1, 0.15) is 12.6 Å². The highest BCUT2D eigenvalue weighted by Gasteiger charge is 2.34. The zero-order valence-electron chi connectivity index (χ0n) is 18.2. The first-order chi connectivity index (χ1) is 15.1. The second-order valence-corrected chi connectivity index (χ2v) is 8.98. The number of halogens is 3. The Morgan fingerprint density at radius 3 is 2.66 bits per heavy atom. The van der Waals surface area contributed by atoms with Gasteiger partial charge in [-0.05, 0) is 45.1 Å². The predicted octanol–water partition coefficient (Wildman–Crippen LogP) is 4.25. The minimum Gasteiger partial charge on any atom is -0.458 e. The van der Waals surface area contributed by atoms with Crippen LogP contribution < -0.4 is 0 Å². The Bertz CT molecular complexity index is 935. The maximum absolute atomic E-state index is 12.8. The number of esters is 1. The lowest BCUT2D eigenvalue weighted by atomic mass is 9.98. The first-order valence-electron chi connectivity index (χ1n) is 10.6. The zero-order valence-corrected chi connectivity index (χ0v) is 19.0. The molecule has 0 aliphatic heterocycles. The van der Waals surface area contributed by atoms with Gasteiger partial charge < -0.3 is 9.64 Å². The number of alkyl halides is 3. The van der Waals surface area contributed by atoms with Crippen LogP contribution in [0.25, 0.3) is 0 Å². The van der Waals surface area contributed by atoms with E-state index in [2.05, 4.69) is 10.1 Å². The van der Waals surface area contributed by atoms with Crippen LogP contribution >= 0.6 is 11.3 Å². The van der Waals surface area contributed by atoms with Gasteiger partial charge in [0.15, 0.2) is 11.4 Å². The molecule has 1 amide bonds. The average molecular weight is 473 g/mol. The molecule has 0 unspecified atom stereocenters. The van der Waals surface area contributed by atoms with Gasteiger partial charge in [-0.15, -0.1) is 11.3 Å².